The van der Waals surface area contributed by atoms with Gasteiger partial charge in [0.1, 0.15) is 4.83 Å². The van der Waals surface area contributed by atoms with Crippen LogP contribution in [-0.4, -0.2) is 17.4 Å². The van der Waals surface area contributed by atoms with Crippen LogP contribution < -0.4 is 0 Å². The highest BCUT2D eigenvalue weighted by Crippen LogP contribution is 2.13. The zero-order valence-corrected chi connectivity index (χ0v) is 5.27. The predicted molar refractivity (Wildman–Crippen MR) is 28.3 cm³/mol. The van der Waals surface area contributed by atoms with Crippen LogP contribution in [0.15, 0.2) is 0 Å². The molecule has 0 saturated carbocycles. The SMILES string of the molecule is O=C1OCC[C@@H]1Br. The second-order valence-corrected chi connectivity index (χ2v) is 2.53. The fourth-order valence-corrected chi connectivity index (χ4v) is 0.790. The summed E-state index contributed by atoms with van der Waals surface area (Å²) in [4.78, 5) is 10.3. The van der Waals surface area contributed by atoms with Gasteiger partial charge in [-0.2, -0.15) is 0 Å². The Bertz CT molecular complexity index is 91.7. The maximum absolute atomic E-state index is 10.3. The van der Waals surface area contributed by atoms with E-state index in [1.54, 1.807) is 0 Å². The van der Waals surface area contributed by atoms with Gasteiger partial charge in [-0.1, -0.05) is 15.9 Å². The summed E-state index contributed by atoms with van der Waals surface area (Å²) in [5, 5.41) is 0. The minimum Gasteiger partial charge on any atom is -0.465 e. The zero-order valence-electron chi connectivity index (χ0n) is 3.69. The smallest absolute Gasteiger partial charge is 0.319 e. The van der Waals surface area contributed by atoms with Crippen molar-refractivity contribution in [2.45, 2.75) is 11.2 Å². The molecule has 0 aromatic rings. The Hall–Kier alpha value is -0.0500. The molecule has 1 rings (SSSR count). The molecule has 1 aliphatic rings. The van der Waals surface area contributed by atoms with Crippen molar-refractivity contribution >= 4 is 21.9 Å². The molecule has 0 unspecified atom stereocenters. The molecule has 1 fully saturated rings. The van der Waals surface area contributed by atoms with E-state index in [-0.39, 0.29) is 10.8 Å². The highest BCUT2D eigenvalue weighted by Gasteiger charge is 2.22. The monoisotopic (exact) mass is 164 g/mol. The van der Waals surface area contributed by atoms with Crippen molar-refractivity contribution in [3.63, 3.8) is 0 Å². The lowest BCUT2D eigenvalue weighted by Gasteiger charge is -1.86. The highest BCUT2D eigenvalue weighted by atomic mass is 79.9. The molecular weight excluding hydrogens is 160 g/mol. The summed E-state index contributed by atoms with van der Waals surface area (Å²) < 4.78 is 4.58. The molecule has 40 valence electrons. The quantitative estimate of drug-likeness (QED) is 0.390. The van der Waals surface area contributed by atoms with Crippen molar-refractivity contribution in [3.8, 4) is 0 Å². The van der Waals surface area contributed by atoms with E-state index in [1.807, 2.05) is 0 Å². The topological polar surface area (TPSA) is 26.3 Å². The zero-order chi connectivity index (χ0) is 5.28. The van der Waals surface area contributed by atoms with Crippen LogP contribution in [0.3, 0.4) is 0 Å². The lowest BCUT2D eigenvalue weighted by Crippen LogP contribution is -2.03. The number of carbonyl (C=O) groups excluding carboxylic acids is 1. The highest BCUT2D eigenvalue weighted by molar-refractivity contribution is 9.10. The van der Waals surface area contributed by atoms with Gasteiger partial charge in [0, 0.05) is 6.42 Å². The Morgan fingerprint density at radius 2 is 2.57 bits per heavy atom. The maximum atomic E-state index is 10.3. The minimum atomic E-state index is -0.125. The minimum absolute atomic E-state index is 0.0347. The van der Waals surface area contributed by atoms with E-state index in [2.05, 4.69) is 20.7 Å². The maximum Gasteiger partial charge on any atom is 0.319 e. The molecule has 1 heterocycles. The van der Waals surface area contributed by atoms with Crippen molar-refractivity contribution < 1.29 is 9.53 Å². The molecule has 1 aliphatic heterocycles. The average molecular weight is 165 g/mol. The van der Waals surface area contributed by atoms with Gasteiger partial charge in [0.2, 0.25) is 0 Å². The summed E-state index contributed by atoms with van der Waals surface area (Å²) in [5.74, 6) is -0.125. The fourth-order valence-electron chi connectivity index (χ4n) is 0.471. The molecular formula is C4H5BrO2. The number of hydrogen-bond donors (Lipinski definition) is 0. The molecule has 0 bridgehead atoms. The average Bonchev–Trinajstić information content (AvgIpc) is 1.91. The van der Waals surface area contributed by atoms with Crippen molar-refractivity contribution in [1.82, 2.24) is 0 Å². The van der Waals surface area contributed by atoms with E-state index in [9.17, 15) is 4.79 Å². The van der Waals surface area contributed by atoms with Crippen LogP contribution in [-0.2, 0) is 9.53 Å². The third-order valence-electron chi connectivity index (χ3n) is 0.871. The summed E-state index contributed by atoms with van der Waals surface area (Å²) in [7, 11) is 0. The molecule has 0 N–H and O–H groups in total. The third-order valence-corrected chi connectivity index (χ3v) is 1.70. The first-order chi connectivity index (χ1) is 3.30. The largest absolute Gasteiger partial charge is 0.465 e. The summed E-state index contributed by atoms with van der Waals surface area (Å²) in [6.07, 6.45) is 0.818. The molecule has 0 radical (unpaired) electrons. The molecule has 1 saturated heterocycles. The van der Waals surface area contributed by atoms with E-state index in [0.29, 0.717) is 6.61 Å². The predicted octanol–water partition coefficient (Wildman–Crippen LogP) is 0.697. The normalized spacial score (nSPS) is 30.4. The van der Waals surface area contributed by atoms with Crippen LogP contribution in [0.4, 0.5) is 0 Å². The van der Waals surface area contributed by atoms with Crippen LogP contribution in [0.5, 0.6) is 0 Å². The summed E-state index contributed by atoms with van der Waals surface area (Å²) in [6.45, 7) is 0.578. The van der Waals surface area contributed by atoms with Crippen LogP contribution in [0.1, 0.15) is 6.42 Å². The van der Waals surface area contributed by atoms with Crippen molar-refractivity contribution in [2.75, 3.05) is 6.61 Å². The summed E-state index contributed by atoms with van der Waals surface area (Å²) in [5.41, 5.74) is 0. The number of carbonyl (C=O) groups is 1. The lowest BCUT2D eigenvalue weighted by molar-refractivity contribution is -0.137. The number of esters is 1. The van der Waals surface area contributed by atoms with Crippen molar-refractivity contribution in [3.05, 3.63) is 0 Å². The molecule has 0 aromatic carbocycles. The van der Waals surface area contributed by atoms with E-state index < -0.39 is 0 Å². The second-order valence-electron chi connectivity index (χ2n) is 1.42. The molecule has 3 heteroatoms. The summed E-state index contributed by atoms with van der Waals surface area (Å²) >= 11 is 3.13. The number of ether oxygens (including phenoxy) is 1. The van der Waals surface area contributed by atoms with Crippen LogP contribution in [0, 0.1) is 0 Å². The molecule has 0 aliphatic carbocycles. The molecule has 0 spiro atoms. The Morgan fingerprint density at radius 1 is 1.86 bits per heavy atom. The van der Waals surface area contributed by atoms with Crippen molar-refractivity contribution in [2.24, 2.45) is 0 Å². The first kappa shape index (κ1) is 5.09. The van der Waals surface area contributed by atoms with Gasteiger partial charge in [0.05, 0.1) is 6.61 Å². The van der Waals surface area contributed by atoms with E-state index in [1.165, 1.54) is 0 Å². The van der Waals surface area contributed by atoms with E-state index in [4.69, 9.17) is 0 Å². The Balaban J connectivity index is 2.48. The number of rotatable bonds is 0. The standard InChI is InChI=1S/C4H5BrO2/c5-3-1-2-7-4(3)6/h3H,1-2H2/t3-/m0/s1. The van der Waals surface area contributed by atoms with Crippen LogP contribution >= 0.6 is 15.9 Å². The number of hydrogen-bond acceptors (Lipinski definition) is 2. The van der Waals surface area contributed by atoms with Crippen molar-refractivity contribution in [1.29, 1.82) is 0 Å². The second kappa shape index (κ2) is 1.82. The Morgan fingerprint density at radius 3 is 2.71 bits per heavy atom. The van der Waals surface area contributed by atoms with Gasteiger partial charge in [-0.15, -0.1) is 0 Å². The van der Waals surface area contributed by atoms with E-state index in [0.717, 1.165) is 6.42 Å². The van der Waals surface area contributed by atoms with Gasteiger partial charge >= 0.3 is 5.97 Å². The molecule has 2 nitrogen and oxygen atoms in total. The first-order valence-corrected chi connectivity index (χ1v) is 3.03. The molecule has 0 aromatic heterocycles. The Kier molecular flexibility index (Phi) is 1.32. The van der Waals surface area contributed by atoms with Gasteiger partial charge in [-0.05, 0) is 0 Å². The van der Waals surface area contributed by atoms with Gasteiger partial charge < -0.3 is 4.74 Å². The third kappa shape index (κ3) is 0.938. The fraction of sp³-hybridized carbons (Fsp3) is 0.750. The first-order valence-electron chi connectivity index (χ1n) is 2.11. The van der Waals surface area contributed by atoms with Gasteiger partial charge in [-0.25, -0.2) is 0 Å². The lowest BCUT2D eigenvalue weighted by atomic mass is 10.4. The molecule has 7 heavy (non-hydrogen) atoms. The van der Waals surface area contributed by atoms with Gasteiger partial charge in [0.25, 0.3) is 0 Å². The number of cyclic esters (lactones) is 1. The Labute approximate surface area is 50.0 Å². The van der Waals surface area contributed by atoms with Crippen LogP contribution in [0.25, 0.3) is 0 Å². The molecule has 0 amide bonds. The summed E-state index contributed by atoms with van der Waals surface area (Å²) in [6, 6.07) is 0. The molecule has 1 atom stereocenters. The van der Waals surface area contributed by atoms with E-state index >= 15 is 0 Å². The van der Waals surface area contributed by atoms with Gasteiger partial charge in [0.15, 0.2) is 0 Å². The van der Waals surface area contributed by atoms with Crippen LogP contribution in [0.2, 0.25) is 0 Å². The number of halogens is 1. The van der Waals surface area contributed by atoms with Gasteiger partial charge in [-0.3, -0.25) is 4.79 Å². The number of alkyl halides is 1.